The van der Waals surface area contributed by atoms with Crippen molar-refractivity contribution in [2.75, 3.05) is 6.61 Å². The van der Waals surface area contributed by atoms with Crippen LogP contribution in [-0.4, -0.2) is 23.0 Å². The van der Waals surface area contributed by atoms with Gasteiger partial charge < -0.3 is 14.4 Å². The molecule has 130 valence electrons. The van der Waals surface area contributed by atoms with Crippen molar-refractivity contribution in [3.8, 4) is 17.0 Å². The Bertz CT molecular complexity index is 933. The van der Waals surface area contributed by atoms with Gasteiger partial charge in [0.15, 0.2) is 5.58 Å². The lowest BCUT2D eigenvalue weighted by Gasteiger charge is -2.12. The van der Waals surface area contributed by atoms with E-state index in [9.17, 15) is 5.11 Å². The molecule has 1 aromatic carbocycles. The molecule has 3 aromatic heterocycles. The minimum absolute atomic E-state index is 0. The van der Waals surface area contributed by atoms with Crippen LogP contribution in [0.4, 0.5) is 0 Å². The molecule has 0 unspecified atom stereocenters. The summed E-state index contributed by atoms with van der Waals surface area (Å²) in [7, 11) is 0. The molecule has 0 saturated heterocycles. The number of aliphatic hydroxyl groups is 1. The van der Waals surface area contributed by atoms with Crippen molar-refractivity contribution >= 4 is 45.4 Å². The number of hydrogen-bond donors (Lipinski definition) is 1. The van der Waals surface area contributed by atoms with E-state index in [2.05, 4.69) is 5.16 Å². The van der Waals surface area contributed by atoms with Crippen LogP contribution in [0.25, 0.3) is 21.5 Å². The molecular weight excluding hydrogens is 378 g/mol. The van der Waals surface area contributed by atoms with Gasteiger partial charge in [-0.3, -0.25) is 0 Å². The molecule has 25 heavy (non-hydrogen) atoms. The number of halogens is 1. The van der Waals surface area contributed by atoms with Gasteiger partial charge in [-0.25, -0.2) is 0 Å². The topological polar surface area (TPSA) is 55.5 Å². The molecule has 0 aliphatic carbocycles. The summed E-state index contributed by atoms with van der Waals surface area (Å²) in [6.45, 7) is 0.256. The predicted molar refractivity (Wildman–Crippen MR) is 104 cm³/mol. The zero-order valence-electron chi connectivity index (χ0n) is 13.1. The number of ether oxygens (including phenoxy) is 1. The third-order valence-corrected chi connectivity index (χ3v) is 5.32. The van der Waals surface area contributed by atoms with Gasteiger partial charge in [0.2, 0.25) is 0 Å². The van der Waals surface area contributed by atoms with Crippen molar-refractivity contribution in [3.63, 3.8) is 0 Å². The van der Waals surface area contributed by atoms with Gasteiger partial charge in [-0.15, -0.1) is 23.7 Å². The summed E-state index contributed by atoms with van der Waals surface area (Å²) in [6, 6.07) is 11.6. The van der Waals surface area contributed by atoms with Gasteiger partial charge in [0.1, 0.15) is 22.8 Å². The molecule has 0 amide bonds. The Kier molecular flexibility index (Phi) is 5.75. The maximum Gasteiger partial charge on any atom is 0.178 e. The second-order valence-corrected chi connectivity index (χ2v) is 7.17. The first-order valence-corrected chi connectivity index (χ1v) is 9.37. The lowest BCUT2D eigenvalue weighted by Crippen LogP contribution is -2.19. The normalized spacial score (nSPS) is 12.0. The van der Waals surface area contributed by atoms with Gasteiger partial charge in [-0.2, -0.15) is 11.3 Å². The third-order valence-electron chi connectivity index (χ3n) is 3.68. The summed E-state index contributed by atoms with van der Waals surface area (Å²) in [5.74, 6) is 0.713. The molecule has 0 spiro atoms. The van der Waals surface area contributed by atoms with E-state index >= 15 is 0 Å². The van der Waals surface area contributed by atoms with Crippen LogP contribution in [0.1, 0.15) is 5.56 Å². The lowest BCUT2D eigenvalue weighted by atomic mass is 10.1. The van der Waals surface area contributed by atoms with Crippen LogP contribution in [0.15, 0.2) is 57.1 Å². The molecule has 1 N–H and O–H groups in total. The fraction of sp³-hybridized carbons (Fsp3) is 0.167. The third kappa shape index (κ3) is 4.04. The first kappa shape index (κ1) is 17.9. The highest BCUT2D eigenvalue weighted by atomic mass is 35.5. The van der Waals surface area contributed by atoms with Gasteiger partial charge >= 0.3 is 0 Å². The molecule has 0 radical (unpaired) electrons. The fourth-order valence-corrected chi connectivity index (χ4v) is 4.02. The smallest absolute Gasteiger partial charge is 0.178 e. The van der Waals surface area contributed by atoms with Gasteiger partial charge in [-0.1, -0.05) is 17.3 Å². The van der Waals surface area contributed by atoms with Crippen molar-refractivity contribution in [1.29, 1.82) is 0 Å². The maximum atomic E-state index is 10.1. The molecule has 1 atom stereocenters. The second kappa shape index (κ2) is 8.01. The summed E-state index contributed by atoms with van der Waals surface area (Å²) >= 11 is 3.24. The average Bonchev–Trinajstić information content (AvgIpc) is 3.31. The Morgan fingerprint density at radius 1 is 1.20 bits per heavy atom. The van der Waals surface area contributed by atoms with Crippen molar-refractivity contribution in [2.24, 2.45) is 0 Å². The number of rotatable bonds is 6. The molecule has 4 aromatic rings. The quantitative estimate of drug-likeness (QED) is 0.499. The molecule has 0 bridgehead atoms. The number of aliphatic hydroxyl groups excluding tert-OH is 1. The highest BCUT2D eigenvalue weighted by Crippen LogP contribution is 2.33. The number of fused-ring (bicyclic) bond motifs is 1. The highest BCUT2D eigenvalue weighted by molar-refractivity contribution is 7.17. The summed E-state index contributed by atoms with van der Waals surface area (Å²) < 4.78 is 12.1. The molecule has 0 saturated carbocycles. The first-order valence-electron chi connectivity index (χ1n) is 7.55. The van der Waals surface area contributed by atoms with Crippen LogP contribution in [0.2, 0.25) is 0 Å². The van der Waals surface area contributed by atoms with Crippen LogP contribution in [0.5, 0.6) is 5.75 Å². The molecule has 3 heterocycles. The number of thiophene rings is 2. The van der Waals surface area contributed by atoms with E-state index in [0.717, 1.165) is 27.1 Å². The molecule has 7 heteroatoms. The zero-order valence-corrected chi connectivity index (χ0v) is 15.6. The minimum atomic E-state index is -0.528. The van der Waals surface area contributed by atoms with Crippen LogP contribution in [-0.2, 0) is 6.42 Å². The number of hydrogen-bond acceptors (Lipinski definition) is 6. The first-order chi connectivity index (χ1) is 11.8. The number of nitrogens with zero attached hydrogens (tertiary/aromatic N) is 1. The largest absolute Gasteiger partial charge is 0.491 e. The van der Waals surface area contributed by atoms with E-state index in [1.807, 2.05) is 52.5 Å². The van der Waals surface area contributed by atoms with E-state index in [-0.39, 0.29) is 19.0 Å². The molecule has 0 fully saturated rings. The van der Waals surface area contributed by atoms with Crippen molar-refractivity contribution in [3.05, 3.63) is 58.1 Å². The summed E-state index contributed by atoms with van der Waals surface area (Å²) in [6.07, 6.45) is 0.0711. The minimum Gasteiger partial charge on any atom is -0.491 e. The summed E-state index contributed by atoms with van der Waals surface area (Å²) in [5.41, 5.74) is 3.70. The Labute approximate surface area is 159 Å². The van der Waals surface area contributed by atoms with Crippen molar-refractivity contribution < 1.29 is 14.4 Å². The zero-order chi connectivity index (χ0) is 16.4. The van der Waals surface area contributed by atoms with Crippen LogP contribution >= 0.6 is 35.1 Å². The van der Waals surface area contributed by atoms with E-state index in [4.69, 9.17) is 9.26 Å². The van der Waals surface area contributed by atoms with Gasteiger partial charge in [0.25, 0.3) is 0 Å². The monoisotopic (exact) mass is 393 g/mol. The van der Waals surface area contributed by atoms with Crippen LogP contribution < -0.4 is 4.74 Å². The highest BCUT2D eigenvalue weighted by Gasteiger charge is 2.13. The van der Waals surface area contributed by atoms with E-state index < -0.39 is 6.10 Å². The van der Waals surface area contributed by atoms with Gasteiger partial charge in [0, 0.05) is 12.0 Å². The van der Waals surface area contributed by atoms with Crippen LogP contribution in [0.3, 0.4) is 0 Å². The van der Waals surface area contributed by atoms with Gasteiger partial charge in [0.05, 0.1) is 6.10 Å². The van der Waals surface area contributed by atoms with E-state index in [1.165, 1.54) is 0 Å². The SMILES string of the molecule is Cl.O[C@@H](COc1cccc(-c2noc3ccsc23)c1)Cc1ccsc1. The fourth-order valence-electron chi connectivity index (χ4n) is 2.53. The maximum absolute atomic E-state index is 10.1. The Morgan fingerprint density at radius 3 is 2.96 bits per heavy atom. The van der Waals surface area contributed by atoms with Crippen molar-refractivity contribution in [2.45, 2.75) is 12.5 Å². The molecule has 4 rings (SSSR count). The Morgan fingerprint density at radius 2 is 2.12 bits per heavy atom. The van der Waals surface area contributed by atoms with Gasteiger partial charge in [-0.05, 0) is 46.0 Å². The number of benzene rings is 1. The standard InChI is InChI=1S/C18H15NO3S2.ClH/c20-14(8-12-4-6-23-11-12)10-21-15-3-1-2-13(9-15)17-18-16(22-19-17)5-7-24-18;/h1-7,9,11,14,20H,8,10H2;1H/t14-;/m1./s1. The lowest BCUT2D eigenvalue weighted by molar-refractivity contribution is 0.108. The van der Waals surface area contributed by atoms with E-state index in [0.29, 0.717) is 12.2 Å². The Balaban J connectivity index is 0.00000182. The average molecular weight is 394 g/mol. The van der Waals surface area contributed by atoms with Crippen LogP contribution in [0, 0.1) is 0 Å². The van der Waals surface area contributed by atoms with Crippen molar-refractivity contribution in [1.82, 2.24) is 5.16 Å². The predicted octanol–water partition coefficient (Wildman–Crippen LogP) is 5.02. The molecule has 0 aliphatic rings. The molecule has 4 nitrogen and oxygen atoms in total. The van der Waals surface area contributed by atoms with E-state index in [1.54, 1.807) is 22.7 Å². The molecular formula is C18H16ClNO3S2. The summed E-state index contributed by atoms with van der Waals surface area (Å²) in [5, 5.41) is 20.3. The second-order valence-electron chi connectivity index (χ2n) is 5.47. The molecule has 0 aliphatic heterocycles. The summed E-state index contributed by atoms with van der Waals surface area (Å²) in [4.78, 5) is 0. The Hall–Kier alpha value is -1.86. The number of aromatic nitrogens is 1.